The van der Waals surface area contributed by atoms with Gasteiger partial charge in [-0.05, 0) is 50.5 Å². The van der Waals surface area contributed by atoms with E-state index in [1.807, 2.05) is 16.8 Å². The molecule has 1 atom stereocenters. The maximum atomic E-state index is 5.24. The second-order valence-electron chi connectivity index (χ2n) is 6.52. The lowest BCUT2D eigenvalue weighted by molar-refractivity contribution is 0.347. The molecule has 2 heterocycles. The SMILES string of the molecule is CC[C@H](NC1CCN(c2ccc(OC)cc2)CC1)c1ncnn1CC. The highest BCUT2D eigenvalue weighted by Crippen LogP contribution is 2.24. The van der Waals surface area contributed by atoms with E-state index >= 15 is 0 Å². The van der Waals surface area contributed by atoms with E-state index in [0.29, 0.717) is 6.04 Å². The van der Waals surface area contributed by atoms with E-state index in [0.717, 1.165) is 50.5 Å². The van der Waals surface area contributed by atoms with Crippen molar-refractivity contribution in [2.45, 2.75) is 51.7 Å². The van der Waals surface area contributed by atoms with Gasteiger partial charge in [0.15, 0.2) is 0 Å². The summed E-state index contributed by atoms with van der Waals surface area (Å²) in [6.07, 6.45) is 4.97. The summed E-state index contributed by atoms with van der Waals surface area (Å²) < 4.78 is 7.24. The minimum atomic E-state index is 0.278. The van der Waals surface area contributed by atoms with Crippen molar-refractivity contribution in [3.63, 3.8) is 0 Å². The van der Waals surface area contributed by atoms with Gasteiger partial charge in [-0.25, -0.2) is 9.67 Å². The standard InChI is InChI=1S/C19H29N5O/c1-4-18(19-20-14-21-24(19)5-2)22-15-10-12-23(13-11-15)16-6-8-17(25-3)9-7-16/h6-9,14-15,18,22H,4-5,10-13H2,1-3H3/t18-/m0/s1. The van der Waals surface area contributed by atoms with Crippen molar-refractivity contribution >= 4 is 5.69 Å². The van der Waals surface area contributed by atoms with Crippen LogP contribution in [0.4, 0.5) is 5.69 Å². The van der Waals surface area contributed by atoms with Crippen LogP contribution in [0.1, 0.15) is 45.0 Å². The summed E-state index contributed by atoms with van der Waals surface area (Å²) >= 11 is 0. The van der Waals surface area contributed by atoms with Gasteiger partial charge in [-0.2, -0.15) is 5.10 Å². The molecule has 6 nitrogen and oxygen atoms in total. The number of aromatic nitrogens is 3. The maximum absolute atomic E-state index is 5.24. The molecule has 0 saturated carbocycles. The van der Waals surface area contributed by atoms with Crippen molar-refractivity contribution in [1.29, 1.82) is 0 Å². The molecule has 1 N–H and O–H groups in total. The van der Waals surface area contributed by atoms with Crippen LogP contribution in [0, 0.1) is 0 Å². The summed E-state index contributed by atoms with van der Waals surface area (Å²) in [6, 6.07) is 9.16. The van der Waals surface area contributed by atoms with Crippen LogP contribution in [0.15, 0.2) is 30.6 Å². The van der Waals surface area contributed by atoms with E-state index in [1.54, 1.807) is 13.4 Å². The molecule has 1 aromatic carbocycles. The molecule has 3 rings (SSSR count). The number of benzene rings is 1. The van der Waals surface area contributed by atoms with Gasteiger partial charge < -0.3 is 15.0 Å². The highest BCUT2D eigenvalue weighted by atomic mass is 16.5. The number of piperidine rings is 1. The molecule has 1 aliphatic heterocycles. The molecule has 25 heavy (non-hydrogen) atoms. The van der Waals surface area contributed by atoms with Gasteiger partial charge in [0.25, 0.3) is 0 Å². The molecular formula is C19H29N5O. The van der Waals surface area contributed by atoms with E-state index in [2.05, 4.69) is 46.3 Å². The number of hydrogen-bond donors (Lipinski definition) is 1. The van der Waals surface area contributed by atoms with Crippen LogP contribution < -0.4 is 15.0 Å². The minimum absolute atomic E-state index is 0.278. The molecule has 136 valence electrons. The Morgan fingerprint density at radius 3 is 2.52 bits per heavy atom. The molecule has 2 aromatic rings. The molecule has 6 heteroatoms. The van der Waals surface area contributed by atoms with Crippen molar-refractivity contribution in [2.24, 2.45) is 0 Å². The second-order valence-corrected chi connectivity index (χ2v) is 6.52. The van der Waals surface area contributed by atoms with Gasteiger partial charge in [0, 0.05) is 31.4 Å². The summed E-state index contributed by atoms with van der Waals surface area (Å²) in [5, 5.41) is 8.11. The molecule has 0 radical (unpaired) electrons. The Morgan fingerprint density at radius 2 is 1.92 bits per heavy atom. The van der Waals surface area contributed by atoms with Gasteiger partial charge in [0.1, 0.15) is 17.9 Å². The third kappa shape index (κ3) is 4.12. The molecule has 1 fully saturated rings. The van der Waals surface area contributed by atoms with E-state index in [4.69, 9.17) is 4.74 Å². The Labute approximate surface area is 150 Å². The largest absolute Gasteiger partial charge is 0.497 e. The normalized spacial score (nSPS) is 16.8. The number of ether oxygens (including phenoxy) is 1. The first-order valence-electron chi connectivity index (χ1n) is 9.27. The molecule has 0 bridgehead atoms. The number of rotatable bonds is 7. The minimum Gasteiger partial charge on any atom is -0.497 e. The Morgan fingerprint density at radius 1 is 1.20 bits per heavy atom. The number of nitrogens with one attached hydrogen (secondary N) is 1. The van der Waals surface area contributed by atoms with Gasteiger partial charge >= 0.3 is 0 Å². The summed E-state index contributed by atoms with van der Waals surface area (Å²) in [5.41, 5.74) is 1.28. The third-order valence-corrected chi connectivity index (χ3v) is 5.03. The number of nitrogens with zero attached hydrogens (tertiary/aromatic N) is 4. The molecule has 1 aliphatic rings. The lowest BCUT2D eigenvalue weighted by Crippen LogP contribution is -2.44. The molecular weight excluding hydrogens is 314 g/mol. The van der Waals surface area contributed by atoms with Crippen LogP contribution in [0.2, 0.25) is 0 Å². The Balaban J connectivity index is 1.56. The smallest absolute Gasteiger partial charge is 0.143 e. The average molecular weight is 343 g/mol. The van der Waals surface area contributed by atoms with Crippen LogP contribution in [0.25, 0.3) is 0 Å². The predicted octanol–water partition coefficient (Wildman–Crippen LogP) is 3.02. The lowest BCUT2D eigenvalue weighted by Gasteiger charge is -2.35. The van der Waals surface area contributed by atoms with Gasteiger partial charge in [-0.3, -0.25) is 0 Å². The van der Waals surface area contributed by atoms with Gasteiger partial charge in [0.05, 0.1) is 13.2 Å². The predicted molar refractivity (Wildman–Crippen MR) is 100 cm³/mol. The third-order valence-electron chi connectivity index (χ3n) is 5.03. The first-order valence-corrected chi connectivity index (χ1v) is 9.27. The summed E-state index contributed by atoms with van der Waals surface area (Å²) in [7, 11) is 1.70. The molecule has 0 spiro atoms. The fourth-order valence-electron chi connectivity index (χ4n) is 3.54. The van der Waals surface area contributed by atoms with E-state index in [9.17, 15) is 0 Å². The quantitative estimate of drug-likeness (QED) is 0.837. The number of aryl methyl sites for hydroxylation is 1. The molecule has 1 aromatic heterocycles. The van der Waals surface area contributed by atoms with Crippen molar-refractivity contribution in [1.82, 2.24) is 20.1 Å². The Kier molecular flexibility index (Phi) is 5.91. The van der Waals surface area contributed by atoms with Crippen molar-refractivity contribution < 1.29 is 4.74 Å². The summed E-state index contributed by atoms with van der Waals surface area (Å²) in [4.78, 5) is 6.92. The number of anilines is 1. The van der Waals surface area contributed by atoms with Gasteiger partial charge in [0.2, 0.25) is 0 Å². The molecule has 0 aliphatic carbocycles. The molecule has 0 unspecified atom stereocenters. The summed E-state index contributed by atoms with van der Waals surface area (Å²) in [6.45, 7) is 7.32. The van der Waals surface area contributed by atoms with Crippen molar-refractivity contribution in [3.05, 3.63) is 36.4 Å². The summed E-state index contributed by atoms with van der Waals surface area (Å²) in [5.74, 6) is 1.97. The maximum Gasteiger partial charge on any atom is 0.143 e. The van der Waals surface area contributed by atoms with Crippen molar-refractivity contribution in [2.75, 3.05) is 25.1 Å². The number of methoxy groups -OCH3 is 1. The van der Waals surface area contributed by atoms with Crippen LogP contribution in [-0.4, -0.2) is 41.0 Å². The van der Waals surface area contributed by atoms with Crippen LogP contribution >= 0.6 is 0 Å². The fourth-order valence-corrected chi connectivity index (χ4v) is 3.54. The molecule has 1 saturated heterocycles. The highest BCUT2D eigenvalue weighted by molar-refractivity contribution is 5.49. The monoisotopic (exact) mass is 343 g/mol. The number of hydrogen-bond acceptors (Lipinski definition) is 5. The van der Waals surface area contributed by atoms with E-state index < -0.39 is 0 Å². The first-order chi connectivity index (χ1) is 12.2. The first kappa shape index (κ1) is 17.7. The van der Waals surface area contributed by atoms with Crippen molar-refractivity contribution in [3.8, 4) is 5.75 Å². The van der Waals surface area contributed by atoms with E-state index in [-0.39, 0.29) is 6.04 Å². The van der Waals surface area contributed by atoms with E-state index in [1.165, 1.54) is 5.69 Å². The van der Waals surface area contributed by atoms with Gasteiger partial charge in [-0.15, -0.1) is 0 Å². The van der Waals surface area contributed by atoms with Gasteiger partial charge in [-0.1, -0.05) is 6.92 Å². The Hall–Kier alpha value is -2.08. The average Bonchev–Trinajstić information content (AvgIpc) is 3.15. The molecule has 0 amide bonds. The van der Waals surface area contributed by atoms with Crippen LogP contribution in [0.3, 0.4) is 0 Å². The topological polar surface area (TPSA) is 55.2 Å². The lowest BCUT2D eigenvalue weighted by atomic mass is 10.0. The second kappa shape index (κ2) is 8.34. The zero-order valence-electron chi connectivity index (χ0n) is 15.5. The zero-order valence-corrected chi connectivity index (χ0v) is 15.5. The van der Waals surface area contributed by atoms with Crippen LogP contribution in [-0.2, 0) is 6.54 Å². The zero-order chi connectivity index (χ0) is 17.6. The Bertz CT molecular complexity index is 646. The fraction of sp³-hybridized carbons (Fsp3) is 0.579. The van der Waals surface area contributed by atoms with Crippen LogP contribution in [0.5, 0.6) is 5.75 Å². The highest BCUT2D eigenvalue weighted by Gasteiger charge is 2.24.